The van der Waals surface area contributed by atoms with Crippen molar-refractivity contribution < 1.29 is 0 Å². The molecule has 1 spiro atoms. The highest BCUT2D eigenvalue weighted by molar-refractivity contribution is 5.94. The fraction of sp³-hybridized carbons (Fsp3) is 0.476. The molecule has 5 nitrogen and oxygen atoms in total. The van der Waals surface area contributed by atoms with Crippen LogP contribution in [0.15, 0.2) is 41.7 Å². The van der Waals surface area contributed by atoms with Gasteiger partial charge in [-0.2, -0.15) is 0 Å². The average Bonchev–Trinajstić information content (AvgIpc) is 3.05. The molecule has 1 aromatic heterocycles. The van der Waals surface area contributed by atoms with Gasteiger partial charge in [-0.15, -0.1) is 0 Å². The quantitative estimate of drug-likeness (QED) is 0.868. The molecule has 2 heterocycles. The van der Waals surface area contributed by atoms with E-state index in [1.807, 2.05) is 12.4 Å². The highest BCUT2D eigenvalue weighted by Gasteiger charge is 2.49. The normalized spacial score (nSPS) is 29.5. The standard InChI is InChI=1S/C21H25N5/c1-14-3-2-4-16(9-14)17-11-22-19(23-12-17)25-20-24-13-21(26-20)10-15-5-7-18(21)8-6-15/h2-4,9,11-12,15,18H,5-8,10,13H2,1H3,(H2,22,23,24,25,26)/t15?,18?,21-/m1/s1. The second kappa shape index (κ2) is 6.08. The molecule has 1 aliphatic heterocycles. The van der Waals surface area contributed by atoms with Gasteiger partial charge >= 0.3 is 0 Å². The predicted molar refractivity (Wildman–Crippen MR) is 104 cm³/mol. The van der Waals surface area contributed by atoms with Crippen LogP contribution in [0.5, 0.6) is 0 Å². The summed E-state index contributed by atoms with van der Waals surface area (Å²) in [4.78, 5) is 13.7. The molecule has 1 atom stereocenters. The van der Waals surface area contributed by atoms with Crippen molar-refractivity contribution in [2.24, 2.45) is 16.8 Å². The summed E-state index contributed by atoms with van der Waals surface area (Å²) in [5, 5.41) is 6.98. The number of fused-ring (bicyclic) bond motifs is 2. The number of aryl methyl sites for hydroxylation is 1. The van der Waals surface area contributed by atoms with Crippen LogP contribution < -0.4 is 10.6 Å². The number of hydrogen-bond acceptors (Lipinski definition) is 5. The second-order valence-corrected chi connectivity index (χ2v) is 8.16. The maximum atomic E-state index is 4.73. The first-order chi connectivity index (χ1) is 12.7. The summed E-state index contributed by atoms with van der Waals surface area (Å²) in [6.45, 7) is 2.98. The van der Waals surface area contributed by atoms with Gasteiger partial charge in [0.05, 0.1) is 12.1 Å². The summed E-state index contributed by atoms with van der Waals surface area (Å²) >= 11 is 0. The van der Waals surface area contributed by atoms with E-state index in [4.69, 9.17) is 4.99 Å². The first-order valence-electron chi connectivity index (χ1n) is 9.69. The first-order valence-corrected chi connectivity index (χ1v) is 9.69. The van der Waals surface area contributed by atoms with E-state index in [1.54, 1.807) is 0 Å². The molecule has 0 radical (unpaired) electrons. The van der Waals surface area contributed by atoms with Crippen LogP contribution in [0.1, 0.15) is 37.7 Å². The minimum absolute atomic E-state index is 0.186. The van der Waals surface area contributed by atoms with Crippen molar-refractivity contribution in [1.82, 2.24) is 15.3 Å². The van der Waals surface area contributed by atoms with E-state index in [1.165, 1.54) is 37.7 Å². The second-order valence-electron chi connectivity index (χ2n) is 8.16. The number of aromatic nitrogens is 2. The Morgan fingerprint density at radius 2 is 1.88 bits per heavy atom. The van der Waals surface area contributed by atoms with Gasteiger partial charge < -0.3 is 5.32 Å². The third kappa shape index (κ3) is 2.75. The van der Waals surface area contributed by atoms with Crippen molar-refractivity contribution >= 4 is 11.9 Å². The lowest BCUT2D eigenvalue weighted by Crippen LogP contribution is -2.58. The fourth-order valence-corrected chi connectivity index (χ4v) is 5.03. The van der Waals surface area contributed by atoms with Crippen LogP contribution in [0.25, 0.3) is 11.1 Å². The van der Waals surface area contributed by atoms with Crippen LogP contribution in [0.3, 0.4) is 0 Å². The number of guanidine groups is 1. The minimum atomic E-state index is 0.186. The molecular formula is C21H25N5. The number of nitrogens with zero attached hydrogens (tertiary/aromatic N) is 3. The Hall–Kier alpha value is -2.43. The number of hydrogen-bond donors (Lipinski definition) is 2. The molecule has 3 aliphatic carbocycles. The minimum Gasteiger partial charge on any atom is -0.348 e. The molecule has 2 N–H and O–H groups in total. The Morgan fingerprint density at radius 3 is 2.58 bits per heavy atom. The van der Waals surface area contributed by atoms with Gasteiger partial charge in [0.15, 0.2) is 5.96 Å². The van der Waals surface area contributed by atoms with E-state index in [-0.39, 0.29) is 5.54 Å². The van der Waals surface area contributed by atoms with Crippen LogP contribution in [-0.2, 0) is 0 Å². The maximum Gasteiger partial charge on any atom is 0.229 e. The van der Waals surface area contributed by atoms with E-state index in [0.717, 1.165) is 35.5 Å². The molecule has 3 fully saturated rings. The molecular weight excluding hydrogens is 322 g/mol. The van der Waals surface area contributed by atoms with E-state index < -0.39 is 0 Å². The van der Waals surface area contributed by atoms with Gasteiger partial charge in [-0.1, -0.05) is 42.7 Å². The molecule has 5 heteroatoms. The number of nitrogens with one attached hydrogen (secondary N) is 2. The van der Waals surface area contributed by atoms with Crippen LogP contribution in [-0.4, -0.2) is 28.0 Å². The fourth-order valence-electron chi connectivity index (χ4n) is 5.03. The molecule has 0 unspecified atom stereocenters. The van der Waals surface area contributed by atoms with Crippen LogP contribution in [0.4, 0.5) is 5.95 Å². The summed E-state index contributed by atoms with van der Waals surface area (Å²) in [6, 6.07) is 8.39. The van der Waals surface area contributed by atoms with Crippen molar-refractivity contribution in [3.63, 3.8) is 0 Å². The summed E-state index contributed by atoms with van der Waals surface area (Å²) in [6.07, 6.45) is 10.5. The molecule has 2 bridgehead atoms. The molecule has 26 heavy (non-hydrogen) atoms. The lowest BCUT2D eigenvalue weighted by atomic mass is 9.60. The summed E-state index contributed by atoms with van der Waals surface area (Å²) in [5.74, 6) is 3.08. The Labute approximate surface area is 154 Å². The van der Waals surface area contributed by atoms with Gasteiger partial charge in [0.25, 0.3) is 0 Å². The highest BCUT2D eigenvalue weighted by atomic mass is 15.3. The smallest absolute Gasteiger partial charge is 0.229 e. The third-order valence-electron chi connectivity index (χ3n) is 6.40. The Bertz CT molecular complexity index is 836. The number of rotatable bonds is 2. The number of anilines is 1. The van der Waals surface area contributed by atoms with Crippen molar-refractivity contribution in [1.29, 1.82) is 0 Å². The molecule has 134 valence electrons. The molecule has 6 rings (SSSR count). The lowest BCUT2D eigenvalue weighted by Gasteiger charge is -2.49. The summed E-state index contributed by atoms with van der Waals surface area (Å²) in [5.41, 5.74) is 3.60. The van der Waals surface area contributed by atoms with Crippen LogP contribution >= 0.6 is 0 Å². The van der Waals surface area contributed by atoms with E-state index >= 15 is 0 Å². The number of aliphatic imine (C=N–C) groups is 1. The largest absolute Gasteiger partial charge is 0.348 e. The SMILES string of the molecule is Cc1cccc(-c2cnc(NC3=NC[C@@]4(CC5CCC4CC5)N3)nc2)c1. The molecule has 3 saturated carbocycles. The zero-order valence-corrected chi connectivity index (χ0v) is 15.2. The van der Waals surface area contributed by atoms with E-state index in [2.05, 4.69) is 51.8 Å². The Kier molecular flexibility index (Phi) is 3.69. The van der Waals surface area contributed by atoms with E-state index in [0.29, 0.717) is 5.95 Å². The Morgan fingerprint density at radius 1 is 1.08 bits per heavy atom. The molecule has 0 saturated heterocycles. The zero-order valence-electron chi connectivity index (χ0n) is 15.2. The van der Waals surface area contributed by atoms with Crippen LogP contribution in [0.2, 0.25) is 0 Å². The van der Waals surface area contributed by atoms with Gasteiger partial charge in [-0.3, -0.25) is 10.3 Å². The van der Waals surface area contributed by atoms with E-state index in [9.17, 15) is 0 Å². The summed E-state index contributed by atoms with van der Waals surface area (Å²) in [7, 11) is 0. The lowest BCUT2D eigenvalue weighted by molar-refractivity contribution is 0.0677. The van der Waals surface area contributed by atoms with Gasteiger partial charge in [-0.25, -0.2) is 9.97 Å². The zero-order chi connectivity index (χ0) is 17.6. The van der Waals surface area contributed by atoms with Gasteiger partial charge in [0, 0.05) is 18.0 Å². The predicted octanol–water partition coefficient (Wildman–Crippen LogP) is 3.77. The molecule has 1 aromatic carbocycles. The van der Waals surface area contributed by atoms with Crippen molar-refractivity contribution in [3.05, 3.63) is 42.2 Å². The van der Waals surface area contributed by atoms with Crippen LogP contribution in [0, 0.1) is 18.8 Å². The molecule has 4 aliphatic rings. The van der Waals surface area contributed by atoms with Crippen molar-refractivity contribution in [3.8, 4) is 11.1 Å². The monoisotopic (exact) mass is 347 g/mol. The summed E-state index contributed by atoms with van der Waals surface area (Å²) < 4.78 is 0. The first kappa shape index (κ1) is 15.8. The molecule has 0 amide bonds. The van der Waals surface area contributed by atoms with Gasteiger partial charge in [0.1, 0.15) is 0 Å². The third-order valence-corrected chi connectivity index (χ3v) is 6.40. The van der Waals surface area contributed by atoms with Crippen molar-refractivity contribution in [2.45, 2.75) is 44.6 Å². The highest BCUT2D eigenvalue weighted by Crippen LogP contribution is 2.48. The molecule has 2 aromatic rings. The number of benzene rings is 1. The average molecular weight is 347 g/mol. The van der Waals surface area contributed by atoms with Crippen molar-refractivity contribution in [2.75, 3.05) is 11.9 Å². The maximum absolute atomic E-state index is 4.73. The van der Waals surface area contributed by atoms with Gasteiger partial charge in [-0.05, 0) is 43.6 Å². The Balaban J connectivity index is 1.27. The van der Waals surface area contributed by atoms with Gasteiger partial charge in [0.2, 0.25) is 5.95 Å². The topological polar surface area (TPSA) is 62.2 Å².